The second-order valence-electron chi connectivity index (χ2n) is 20.4. The zero-order valence-corrected chi connectivity index (χ0v) is 44.7. The molecule has 0 saturated carbocycles. The van der Waals surface area contributed by atoms with Crippen LogP contribution in [0.15, 0.2) is 48.6 Å². The smallest absolute Gasteiger partial charge is 0.220 e. The van der Waals surface area contributed by atoms with E-state index in [1.165, 1.54) is 263 Å². The van der Waals surface area contributed by atoms with Crippen molar-refractivity contribution in [1.82, 2.24) is 5.32 Å². The van der Waals surface area contributed by atoms with Gasteiger partial charge in [0.2, 0.25) is 5.91 Å². The van der Waals surface area contributed by atoms with E-state index in [-0.39, 0.29) is 12.5 Å². The molecule has 0 aliphatic carbocycles. The van der Waals surface area contributed by atoms with Crippen LogP contribution in [-0.2, 0) is 4.79 Å². The Labute approximate surface area is 414 Å². The Morgan fingerprint density at radius 1 is 0.364 bits per heavy atom. The average molecular weight is 925 g/mol. The molecule has 0 fully saturated rings. The van der Waals surface area contributed by atoms with Gasteiger partial charge in [0.1, 0.15) is 0 Å². The van der Waals surface area contributed by atoms with E-state index in [2.05, 4.69) is 55.6 Å². The summed E-state index contributed by atoms with van der Waals surface area (Å²) in [6.45, 7) is 4.32. The van der Waals surface area contributed by atoms with Gasteiger partial charge in [-0.25, -0.2) is 0 Å². The molecule has 0 spiro atoms. The lowest BCUT2D eigenvalue weighted by Gasteiger charge is -2.19. The van der Waals surface area contributed by atoms with E-state index in [9.17, 15) is 15.0 Å². The number of rotatable bonds is 55. The first-order chi connectivity index (χ1) is 32.7. The number of hydrogen-bond acceptors (Lipinski definition) is 3. The number of carbonyl (C=O) groups is 1. The number of aliphatic hydroxyl groups excluding tert-OH is 2. The summed E-state index contributed by atoms with van der Waals surface area (Å²) in [7, 11) is 0. The van der Waals surface area contributed by atoms with Gasteiger partial charge >= 0.3 is 0 Å². The minimum Gasteiger partial charge on any atom is -0.394 e. The second kappa shape index (κ2) is 57.7. The molecule has 388 valence electrons. The molecule has 2 unspecified atom stereocenters. The number of aliphatic hydroxyl groups is 2. The highest BCUT2D eigenvalue weighted by molar-refractivity contribution is 5.76. The number of hydrogen-bond donors (Lipinski definition) is 3. The Morgan fingerprint density at radius 2 is 0.636 bits per heavy atom. The normalized spacial score (nSPS) is 13.1. The van der Waals surface area contributed by atoms with Crippen molar-refractivity contribution in [1.29, 1.82) is 0 Å². The Balaban J connectivity index is 3.50. The van der Waals surface area contributed by atoms with Crippen LogP contribution in [0.1, 0.15) is 322 Å². The van der Waals surface area contributed by atoms with E-state index in [1.54, 1.807) is 6.08 Å². The van der Waals surface area contributed by atoms with E-state index >= 15 is 0 Å². The predicted octanol–water partition coefficient (Wildman–Crippen LogP) is 19.8. The van der Waals surface area contributed by atoms with Crippen LogP contribution in [-0.4, -0.2) is 34.9 Å². The fraction of sp³-hybridized carbons (Fsp3) is 0.855. The van der Waals surface area contributed by atoms with Crippen molar-refractivity contribution in [2.75, 3.05) is 6.61 Å². The van der Waals surface area contributed by atoms with Gasteiger partial charge in [-0.15, -0.1) is 0 Å². The molecule has 0 aliphatic heterocycles. The first-order valence-electron chi connectivity index (χ1n) is 29.9. The number of unbranched alkanes of at least 4 members (excludes halogenated alkanes) is 42. The zero-order chi connectivity index (χ0) is 47.7. The molecule has 0 aromatic carbocycles. The van der Waals surface area contributed by atoms with Crippen LogP contribution >= 0.6 is 0 Å². The first kappa shape index (κ1) is 64.3. The Hall–Kier alpha value is -1.65. The molecule has 0 heterocycles. The molecular weight excluding hydrogens is 807 g/mol. The summed E-state index contributed by atoms with van der Waals surface area (Å²) < 4.78 is 0. The minimum atomic E-state index is -0.864. The van der Waals surface area contributed by atoms with Crippen molar-refractivity contribution < 1.29 is 15.0 Å². The molecule has 1 amide bonds. The highest BCUT2D eigenvalue weighted by Gasteiger charge is 2.18. The van der Waals surface area contributed by atoms with Crippen molar-refractivity contribution >= 4 is 5.91 Å². The third kappa shape index (κ3) is 53.3. The molecule has 0 rings (SSSR count). The monoisotopic (exact) mass is 924 g/mol. The van der Waals surface area contributed by atoms with Gasteiger partial charge < -0.3 is 15.5 Å². The van der Waals surface area contributed by atoms with E-state index in [0.29, 0.717) is 6.42 Å². The van der Waals surface area contributed by atoms with Gasteiger partial charge in [0.05, 0.1) is 18.8 Å². The summed E-state index contributed by atoms with van der Waals surface area (Å²) >= 11 is 0. The van der Waals surface area contributed by atoms with Crippen LogP contribution in [0.2, 0.25) is 0 Å². The SMILES string of the molecule is CCCCCCC/C=C\C/C=C\CCCCCCCCCCCCCCCCCC(=O)NC(CO)C(O)/C=C/CC/C=C/CCCCCCCCCCCCCCCCCCCCCCC. The van der Waals surface area contributed by atoms with Gasteiger partial charge in [-0.1, -0.05) is 300 Å². The largest absolute Gasteiger partial charge is 0.394 e. The van der Waals surface area contributed by atoms with Crippen molar-refractivity contribution in [3.63, 3.8) is 0 Å². The first-order valence-corrected chi connectivity index (χ1v) is 29.9. The Bertz CT molecular complexity index is 1050. The van der Waals surface area contributed by atoms with Gasteiger partial charge in [-0.3, -0.25) is 4.79 Å². The van der Waals surface area contributed by atoms with Gasteiger partial charge in [-0.2, -0.15) is 0 Å². The van der Waals surface area contributed by atoms with Crippen LogP contribution in [0, 0.1) is 0 Å². The van der Waals surface area contributed by atoms with E-state index in [1.807, 2.05) is 6.08 Å². The average Bonchev–Trinajstić information content (AvgIpc) is 3.32. The van der Waals surface area contributed by atoms with Crippen LogP contribution in [0.5, 0.6) is 0 Å². The second-order valence-corrected chi connectivity index (χ2v) is 20.4. The van der Waals surface area contributed by atoms with Crippen LogP contribution in [0.4, 0.5) is 0 Å². The fourth-order valence-corrected chi connectivity index (χ4v) is 9.23. The molecule has 66 heavy (non-hydrogen) atoms. The highest BCUT2D eigenvalue weighted by atomic mass is 16.3. The maximum atomic E-state index is 12.5. The van der Waals surface area contributed by atoms with E-state index in [0.717, 1.165) is 38.5 Å². The summed E-state index contributed by atoms with van der Waals surface area (Å²) in [5.41, 5.74) is 0. The number of allylic oxidation sites excluding steroid dienone is 7. The third-order valence-corrected chi connectivity index (χ3v) is 13.8. The highest BCUT2D eigenvalue weighted by Crippen LogP contribution is 2.17. The molecular formula is C62H117NO3. The van der Waals surface area contributed by atoms with Crippen molar-refractivity contribution in [3.8, 4) is 0 Å². The molecule has 0 aromatic heterocycles. The molecule has 0 bridgehead atoms. The van der Waals surface area contributed by atoms with Gasteiger partial charge in [0.25, 0.3) is 0 Å². The predicted molar refractivity (Wildman–Crippen MR) is 295 cm³/mol. The Kier molecular flexibility index (Phi) is 56.2. The van der Waals surface area contributed by atoms with Crippen LogP contribution < -0.4 is 5.32 Å². The topological polar surface area (TPSA) is 69.6 Å². The van der Waals surface area contributed by atoms with E-state index in [4.69, 9.17) is 0 Å². The molecule has 2 atom stereocenters. The lowest BCUT2D eigenvalue weighted by Crippen LogP contribution is -2.45. The molecule has 0 aliphatic rings. The van der Waals surface area contributed by atoms with Gasteiger partial charge in [-0.05, 0) is 64.2 Å². The van der Waals surface area contributed by atoms with Crippen molar-refractivity contribution in [2.45, 2.75) is 334 Å². The Morgan fingerprint density at radius 3 is 0.970 bits per heavy atom. The molecule has 3 N–H and O–H groups in total. The maximum absolute atomic E-state index is 12.5. The zero-order valence-electron chi connectivity index (χ0n) is 44.7. The lowest BCUT2D eigenvalue weighted by molar-refractivity contribution is -0.123. The summed E-state index contributed by atoms with van der Waals surface area (Å²) in [6, 6.07) is -0.641. The molecule has 0 saturated heterocycles. The van der Waals surface area contributed by atoms with Crippen molar-refractivity contribution in [3.05, 3.63) is 48.6 Å². The molecule has 4 nitrogen and oxygen atoms in total. The molecule has 0 aromatic rings. The van der Waals surface area contributed by atoms with Crippen LogP contribution in [0.3, 0.4) is 0 Å². The summed E-state index contributed by atoms with van der Waals surface area (Å²) in [5, 5.41) is 23.2. The fourth-order valence-electron chi connectivity index (χ4n) is 9.23. The minimum absolute atomic E-state index is 0.0701. The number of carbonyl (C=O) groups excluding carboxylic acids is 1. The third-order valence-electron chi connectivity index (χ3n) is 13.8. The summed E-state index contributed by atoms with van der Waals surface area (Å²) in [4.78, 5) is 12.5. The van der Waals surface area contributed by atoms with E-state index < -0.39 is 12.1 Å². The lowest BCUT2D eigenvalue weighted by atomic mass is 10.0. The van der Waals surface area contributed by atoms with Crippen molar-refractivity contribution in [2.24, 2.45) is 0 Å². The maximum Gasteiger partial charge on any atom is 0.220 e. The van der Waals surface area contributed by atoms with Crippen LogP contribution in [0.25, 0.3) is 0 Å². The molecule has 4 heteroatoms. The number of amides is 1. The number of nitrogens with one attached hydrogen (secondary N) is 1. The standard InChI is InChI=1S/C62H117NO3/c1-3-5-7-9-11-13-15-17-19-21-23-25-27-29-31-33-35-37-39-41-43-45-47-49-51-53-55-57-61(65)60(59-64)63-62(66)58-56-54-52-50-48-46-44-42-40-38-36-34-32-30-28-26-24-22-20-18-16-14-12-10-8-6-4-2/h16,18,22,24,47,49,55,57,60-61,64-65H,3-15,17,19-21,23,25-46,48,50-54,56,58-59H2,1-2H3,(H,63,66)/b18-16-,24-22-,49-47+,57-55+. The summed E-state index contributed by atoms with van der Waals surface area (Å²) in [5.74, 6) is -0.0701. The molecule has 0 radical (unpaired) electrons. The quantitative estimate of drug-likeness (QED) is 0.0420. The van der Waals surface area contributed by atoms with Gasteiger partial charge in [0.15, 0.2) is 0 Å². The summed E-state index contributed by atoms with van der Waals surface area (Å²) in [6.07, 6.45) is 80.0. The van der Waals surface area contributed by atoms with Gasteiger partial charge in [0, 0.05) is 6.42 Å².